The first-order valence-electron chi connectivity index (χ1n) is 9.85. The Labute approximate surface area is 176 Å². The second-order valence-electron chi connectivity index (χ2n) is 7.26. The van der Waals surface area contributed by atoms with Crippen LogP contribution < -0.4 is 16.0 Å². The van der Waals surface area contributed by atoms with Crippen LogP contribution >= 0.6 is 0 Å². The van der Waals surface area contributed by atoms with Gasteiger partial charge in [0.2, 0.25) is 17.7 Å². The molecule has 1 amide bonds. The monoisotopic (exact) mass is 424 g/mol. The Bertz CT molecular complexity index is 1220. The van der Waals surface area contributed by atoms with Crippen LogP contribution in [0.3, 0.4) is 0 Å². The molecule has 0 atom stereocenters. The molecule has 160 valence electrons. The zero-order valence-corrected chi connectivity index (χ0v) is 16.9. The second kappa shape index (κ2) is 8.50. The van der Waals surface area contributed by atoms with Crippen LogP contribution in [0.15, 0.2) is 52.1 Å². The quantitative estimate of drug-likeness (QED) is 0.664. The van der Waals surface area contributed by atoms with Crippen molar-refractivity contribution >= 4 is 11.9 Å². The van der Waals surface area contributed by atoms with E-state index in [4.69, 9.17) is 0 Å². The predicted octanol–water partition coefficient (Wildman–Crippen LogP) is 0.790. The van der Waals surface area contributed by atoms with Crippen molar-refractivity contribution in [3.63, 3.8) is 0 Å². The summed E-state index contributed by atoms with van der Waals surface area (Å²) in [5.41, 5.74) is -0.0239. The molecule has 0 spiro atoms. The van der Waals surface area contributed by atoms with Gasteiger partial charge in [-0.1, -0.05) is 30.3 Å². The Balaban J connectivity index is 1.47. The second-order valence-corrected chi connectivity index (χ2v) is 7.26. The van der Waals surface area contributed by atoms with Crippen molar-refractivity contribution in [2.45, 2.75) is 13.5 Å². The molecule has 9 nitrogen and oxygen atoms in total. The van der Waals surface area contributed by atoms with Crippen LogP contribution in [-0.2, 0) is 11.3 Å². The molecule has 31 heavy (non-hydrogen) atoms. The lowest BCUT2D eigenvalue weighted by Crippen LogP contribution is -2.51. The number of nitrogens with zero attached hydrogens (tertiary/aromatic N) is 5. The highest BCUT2D eigenvalue weighted by Crippen LogP contribution is 2.20. The fourth-order valence-electron chi connectivity index (χ4n) is 3.44. The van der Waals surface area contributed by atoms with E-state index in [-0.39, 0.29) is 29.7 Å². The van der Waals surface area contributed by atoms with Gasteiger partial charge in [-0.25, -0.2) is 9.67 Å². The van der Waals surface area contributed by atoms with Gasteiger partial charge in [0.05, 0.1) is 5.69 Å². The Morgan fingerprint density at radius 1 is 1.06 bits per heavy atom. The molecular formula is C21H21FN6O3. The average Bonchev–Trinajstić information content (AvgIpc) is 2.78. The van der Waals surface area contributed by atoms with Gasteiger partial charge in [-0.3, -0.25) is 19.4 Å². The lowest BCUT2D eigenvalue weighted by molar-refractivity contribution is -0.132. The third-order valence-corrected chi connectivity index (χ3v) is 5.11. The summed E-state index contributed by atoms with van der Waals surface area (Å²) < 4.78 is 15.5. The number of hydrogen-bond acceptors (Lipinski definition) is 6. The third kappa shape index (κ3) is 4.37. The summed E-state index contributed by atoms with van der Waals surface area (Å²) in [6.07, 6.45) is 0. The molecule has 0 unspecified atom stereocenters. The number of aromatic amines is 1. The molecule has 1 aromatic carbocycles. The fourth-order valence-corrected chi connectivity index (χ4v) is 3.44. The topological polar surface area (TPSA) is 104 Å². The van der Waals surface area contributed by atoms with Gasteiger partial charge in [0.15, 0.2) is 0 Å². The van der Waals surface area contributed by atoms with Gasteiger partial charge in [0.25, 0.3) is 11.1 Å². The molecule has 0 radical (unpaired) electrons. The summed E-state index contributed by atoms with van der Waals surface area (Å²) in [5, 5.41) is 4.09. The van der Waals surface area contributed by atoms with Crippen molar-refractivity contribution in [2.75, 3.05) is 31.1 Å². The lowest BCUT2D eigenvalue weighted by Gasteiger charge is -2.35. The van der Waals surface area contributed by atoms with Crippen molar-refractivity contribution in [1.82, 2.24) is 24.6 Å². The van der Waals surface area contributed by atoms with Gasteiger partial charge in [-0.2, -0.15) is 9.49 Å². The van der Waals surface area contributed by atoms with Crippen molar-refractivity contribution in [3.05, 3.63) is 74.7 Å². The van der Waals surface area contributed by atoms with Crippen LogP contribution in [-0.4, -0.2) is 56.7 Å². The Hall–Kier alpha value is -3.82. The summed E-state index contributed by atoms with van der Waals surface area (Å²) in [6, 6.07) is 11.6. The largest absolute Gasteiger partial charge is 0.339 e. The normalized spacial score (nSPS) is 14.0. The molecule has 4 rings (SSSR count). The summed E-state index contributed by atoms with van der Waals surface area (Å²) in [4.78, 5) is 46.8. The highest BCUT2D eigenvalue weighted by molar-refractivity contribution is 5.76. The minimum atomic E-state index is -0.931. The van der Waals surface area contributed by atoms with Crippen LogP contribution in [0.5, 0.6) is 0 Å². The van der Waals surface area contributed by atoms with Crippen LogP contribution in [0.25, 0.3) is 11.3 Å². The average molecular weight is 424 g/mol. The highest BCUT2D eigenvalue weighted by atomic mass is 19.1. The molecule has 1 aliphatic heterocycles. The summed E-state index contributed by atoms with van der Waals surface area (Å²) in [6.45, 7) is 3.18. The minimum Gasteiger partial charge on any atom is -0.339 e. The highest BCUT2D eigenvalue weighted by Gasteiger charge is 2.24. The number of aryl methyl sites for hydroxylation is 1. The number of nitrogens with one attached hydrogen (secondary N) is 1. The number of benzene rings is 1. The van der Waals surface area contributed by atoms with E-state index >= 15 is 0 Å². The Morgan fingerprint density at radius 3 is 2.48 bits per heavy atom. The number of halogens is 1. The van der Waals surface area contributed by atoms with E-state index in [1.807, 2.05) is 0 Å². The number of anilines is 1. The van der Waals surface area contributed by atoms with Crippen LogP contribution in [0, 0.1) is 12.7 Å². The number of amides is 1. The first-order valence-corrected chi connectivity index (χ1v) is 9.85. The zero-order chi connectivity index (χ0) is 22.0. The molecule has 0 aliphatic carbocycles. The van der Waals surface area contributed by atoms with Crippen molar-refractivity contribution in [1.29, 1.82) is 0 Å². The maximum Gasteiger partial charge on any atom is 0.289 e. The van der Waals surface area contributed by atoms with Gasteiger partial charge in [-0.15, -0.1) is 0 Å². The number of H-pyrrole nitrogens is 1. The lowest BCUT2D eigenvalue weighted by atomic mass is 10.1. The molecule has 1 saturated heterocycles. The zero-order valence-electron chi connectivity index (χ0n) is 16.9. The Morgan fingerprint density at radius 2 is 1.77 bits per heavy atom. The van der Waals surface area contributed by atoms with Crippen LogP contribution in [0.4, 0.5) is 10.3 Å². The van der Waals surface area contributed by atoms with E-state index in [0.717, 1.165) is 4.68 Å². The van der Waals surface area contributed by atoms with Gasteiger partial charge in [0.1, 0.15) is 12.2 Å². The number of carbonyl (C=O) groups is 1. The first kappa shape index (κ1) is 20.5. The number of rotatable bonds is 4. The van der Waals surface area contributed by atoms with Gasteiger partial charge < -0.3 is 9.80 Å². The number of aromatic nitrogens is 4. The van der Waals surface area contributed by atoms with E-state index in [0.29, 0.717) is 37.4 Å². The summed E-state index contributed by atoms with van der Waals surface area (Å²) >= 11 is 0. The molecule has 1 N–H and O–H groups in total. The number of piperazine rings is 1. The molecule has 10 heteroatoms. The molecule has 0 bridgehead atoms. The Kier molecular flexibility index (Phi) is 5.61. The van der Waals surface area contributed by atoms with Crippen LogP contribution in [0.2, 0.25) is 0 Å². The standard InChI is InChI=1S/C21H21FN6O3/c1-14-7-8-16(29)28(25-14)13-17(30)26-9-11-27(12-10-26)21-23-19(18(22)20(31)24-21)15-5-3-2-4-6-15/h2-8H,9-13H2,1H3,(H,23,24,31). The van der Waals surface area contributed by atoms with Gasteiger partial charge >= 0.3 is 0 Å². The molecule has 1 fully saturated rings. The van der Waals surface area contributed by atoms with E-state index in [1.54, 1.807) is 53.1 Å². The molecule has 1 aliphatic rings. The van der Waals surface area contributed by atoms with E-state index in [1.165, 1.54) is 6.07 Å². The van der Waals surface area contributed by atoms with Crippen molar-refractivity contribution < 1.29 is 9.18 Å². The maximum atomic E-state index is 14.4. The van der Waals surface area contributed by atoms with E-state index < -0.39 is 11.4 Å². The van der Waals surface area contributed by atoms with Gasteiger partial charge in [0, 0.05) is 37.8 Å². The molecule has 3 heterocycles. The molecule has 0 saturated carbocycles. The number of carbonyl (C=O) groups excluding carboxylic acids is 1. The van der Waals surface area contributed by atoms with Crippen LogP contribution in [0.1, 0.15) is 5.69 Å². The smallest absolute Gasteiger partial charge is 0.289 e. The number of hydrogen-bond donors (Lipinski definition) is 1. The van der Waals surface area contributed by atoms with E-state index in [2.05, 4.69) is 15.1 Å². The SMILES string of the molecule is Cc1ccc(=O)n(CC(=O)N2CCN(c3nc(-c4ccccc4)c(F)c(=O)[nH]3)CC2)n1. The fraction of sp³-hybridized carbons (Fsp3) is 0.286. The van der Waals surface area contributed by atoms with Crippen molar-refractivity contribution in [3.8, 4) is 11.3 Å². The van der Waals surface area contributed by atoms with Crippen molar-refractivity contribution in [2.24, 2.45) is 0 Å². The maximum absolute atomic E-state index is 14.4. The summed E-state index contributed by atoms with van der Waals surface area (Å²) in [5.74, 6) is -0.890. The first-order chi connectivity index (χ1) is 14.9. The minimum absolute atomic E-state index is 0.0113. The molecule has 2 aromatic heterocycles. The predicted molar refractivity (Wildman–Crippen MR) is 112 cm³/mol. The molecule has 3 aromatic rings. The molecular weight excluding hydrogens is 403 g/mol. The third-order valence-electron chi connectivity index (χ3n) is 5.11. The van der Waals surface area contributed by atoms with E-state index in [9.17, 15) is 18.8 Å². The summed E-state index contributed by atoms with van der Waals surface area (Å²) in [7, 11) is 0. The van der Waals surface area contributed by atoms with Gasteiger partial charge in [-0.05, 0) is 13.0 Å².